The second-order valence-electron chi connectivity index (χ2n) is 5.49. The van der Waals surface area contributed by atoms with Gasteiger partial charge in [0.25, 0.3) is 5.91 Å². The molecule has 4 nitrogen and oxygen atoms in total. The van der Waals surface area contributed by atoms with E-state index in [1.807, 2.05) is 26.0 Å². The predicted molar refractivity (Wildman–Crippen MR) is 86.8 cm³/mol. The lowest BCUT2D eigenvalue weighted by molar-refractivity contribution is -0.123. The van der Waals surface area contributed by atoms with Crippen LogP contribution in [0.3, 0.4) is 0 Å². The fraction of sp³-hybridized carbons (Fsp3) is 0.562. The summed E-state index contributed by atoms with van der Waals surface area (Å²) in [5.74, 6) is 0.384. The summed E-state index contributed by atoms with van der Waals surface area (Å²) in [5, 5.41) is 3.39. The van der Waals surface area contributed by atoms with E-state index < -0.39 is 0 Å². The van der Waals surface area contributed by atoms with Gasteiger partial charge < -0.3 is 15.8 Å². The third kappa shape index (κ3) is 6.82. The standard InChI is InChI=1S/C16H25ClN2O2/c1-4-5-12(3)19-16(20)10-21-15-7-6-13(8-11(2)18)9-14(15)17/h6-7,9,11-12H,4-5,8,10,18H2,1-3H3,(H,19,20). The first-order valence-electron chi connectivity index (χ1n) is 7.38. The summed E-state index contributed by atoms with van der Waals surface area (Å²) in [7, 11) is 0. The van der Waals surface area contributed by atoms with Crippen molar-refractivity contribution < 1.29 is 9.53 Å². The number of halogens is 1. The van der Waals surface area contributed by atoms with E-state index in [0.717, 1.165) is 24.8 Å². The van der Waals surface area contributed by atoms with Gasteiger partial charge in [-0.3, -0.25) is 4.79 Å². The number of carbonyl (C=O) groups is 1. The van der Waals surface area contributed by atoms with Crippen LogP contribution in [-0.4, -0.2) is 24.6 Å². The topological polar surface area (TPSA) is 64.3 Å². The van der Waals surface area contributed by atoms with E-state index in [4.69, 9.17) is 22.1 Å². The molecule has 5 heteroatoms. The molecule has 0 saturated carbocycles. The number of nitrogens with one attached hydrogen (secondary N) is 1. The number of hydrogen-bond acceptors (Lipinski definition) is 3. The van der Waals surface area contributed by atoms with Gasteiger partial charge in [-0.15, -0.1) is 0 Å². The number of hydrogen-bond donors (Lipinski definition) is 2. The summed E-state index contributed by atoms with van der Waals surface area (Å²) in [6.07, 6.45) is 2.75. The van der Waals surface area contributed by atoms with Crippen molar-refractivity contribution in [3.8, 4) is 5.75 Å². The Morgan fingerprint density at radius 3 is 2.71 bits per heavy atom. The summed E-state index contributed by atoms with van der Waals surface area (Å²) in [6, 6.07) is 5.77. The largest absolute Gasteiger partial charge is 0.482 e. The minimum absolute atomic E-state index is 0.0274. The van der Waals surface area contributed by atoms with Crippen LogP contribution in [0.15, 0.2) is 18.2 Å². The Hall–Kier alpha value is -1.26. The highest BCUT2D eigenvalue weighted by molar-refractivity contribution is 6.32. The summed E-state index contributed by atoms with van der Waals surface area (Å²) >= 11 is 6.15. The Balaban J connectivity index is 2.50. The van der Waals surface area contributed by atoms with Gasteiger partial charge in [0.05, 0.1) is 5.02 Å². The maximum absolute atomic E-state index is 11.7. The van der Waals surface area contributed by atoms with Crippen LogP contribution in [0.25, 0.3) is 0 Å². The zero-order chi connectivity index (χ0) is 15.8. The molecule has 1 aromatic rings. The molecule has 0 radical (unpaired) electrons. The quantitative estimate of drug-likeness (QED) is 0.775. The molecule has 2 atom stereocenters. The van der Waals surface area contributed by atoms with Gasteiger partial charge in [0.2, 0.25) is 0 Å². The van der Waals surface area contributed by atoms with Crippen LogP contribution in [0.4, 0.5) is 0 Å². The van der Waals surface area contributed by atoms with Crippen LogP contribution in [0.1, 0.15) is 39.2 Å². The van der Waals surface area contributed by atoms with E-state index in [-0.39, 0.29) is 24.6 Å². The van der Waals surface area contributed by atoms with Gasteiger partial charge in [-0.05, 0) is 44.4 Å². The molecule has 3 N–H and O–H groups in total. The second-order valence-corrected chi connectivity index (χ2v) is 5.90. The lowest BCUT2D eigenvalue weighted by atomic mass is 10.1. The highest BCUT2D eigenvalue weighted by Gasteiger charge is 2.09. The highest BCUT2D eigenvalue weighted by atomic mass is 35.5. The average molecular weight is 313 g/mol. The van der Waals surface area contributed by atoms with Crippen molar-refractivity contribution in [3.05, 3.63) is 28.8 Å². The molecule has 21 heavy (non-hydrogen) atoms. The van der Waals surface area contributed by atoms with Crippen molar-refractivity contribution in [3.63, 3.8) is 0 Å². The first-order valence-corrected chi connectivity index (χ1v) is 7.76. The molecule has 0 aromatic heterocycles. The number of amides is 1. The number of benzene rings is 1. The molecule has 118 valence electrons. The summed E-state index contributed by atoms with van der Waals surface area (Å²) in [4.78, 5) is 11.7. The maximum Gasteiger partial charge on any atom is 0.258 e. The van der Waals surface area contributed by atoms with Gasteiger partial charge in [-0.25, -0.2) is 0 Å². The van der Waals surface area contributed by atoms with Gasteiger partial charge in [0.15, 0.2) is 6.61 Å². The summed E-state index contributed by atoms with van der Waals surface area (Å²) in [5.41, 5.74) is 6.81. The van der Waals surface area contributed by atoms with Gasteiger partial charge in [0, 0.05) is 12.1 Å². The molecule has 1 rings (SSSR count). The predicted octanol–water partition coefficient (Wildman–Crippen LogP) is 2.91. The van der Waals surface area contributed by atoms with Gasteiger partial charge in [-0.2, -0.15) is 0 Å². The minimum Gasteiger partial charge on any atom is -0.482 e. The number of nitrogens with two attached hydrogens (primary N) is 1. The Morgan fingerprint density at radius 2 is 2.14 bits per heavy atom. The van der Waals surface area contributed by atoms with Crippen LogP contribution in [0, 0.1) is 0 Å². The van der Waals surface area contributed by atoms with Crippen molar-refractivity contribution >= 4 is 17.5 Å². The normalized spacial score (nSPS) is 13.6. The van der Waals surface area contributed by atoms with Crippen LogP contribution in [-0.2, 0) is 11.2 Å². The first kappa shape index (κ1) is 17.8. The highest BCUT2D eigenvalue weighted by Crippen LogP contribution is 2.25. The van der Waals surface area contributed by atoms with E-state index in [9.17, 15) is 4.79 Å². The van der Waals surface area contributed by atoms with Crippen LogP contribution in [0.2, 0.25) is 5.02 Å². The van der Waals surface area contributed by atoms with E-state index >= 15 is 0 Å². The van der Waals surface area contributed by atoms with Crippen LogP contribution in [0.5, 0.6) is 5.75 Å². The lowest BCUT2D eigenvalue weighted by Gasteiger charge is -2.14. The molecule has 2 unspecified atom stereocenters. The molecule has 0 aliphatic rings. The van der Waals surface area contributed by atoms with Gasteiger partial charge in [0.1, 0.15) is 5.75 Å². The number of ether oxygens (including phenoxy) is 1. The second kappa shape index (κ2) is 8.90. The Morgan fingerprint density at radius 1 is 1.43 bits per heavy atom. The third-order valence-electron chi connectivity index (χ3n) is 3.04. The zero-order valence-corrected chi connectivity index (χ0v) is 13.7. The molecule has 0 aliphatic heterocycles. The molecule has 0 aliphatic carbocycles. The van der Waals surface area contributed by atoms with Crippen LogP contribution >= 0.6 is 11.6 Å². The van der Waals surface area contributed by atoms with Crippen molar-refractivity contribution in [1.29, 1.82) is 0 Å². The SMILES string of the molecule is CCCC(C)NC(=O)COc1ccc(CC(C)N)cc1Cl. The Bertz CT molecular complexity index is 464. The summed E-state index contributed by atoms with van der Waals surface area (Å²) in [6.45, 7) is 5.99. The van der Waals surface area contributed by atoms with E-state index in [1.54, 1.807) is 6.07 Å². The first-order chi connectivity index (χ1) is 9.92. The van der Waals surface area contributed by atoms with Crippen molar-refractivity contribution in [1.82, 2.24) is 5.32 Å². The van der Waals surface area contributed by atoms with Crippen molar-refractivity contribution in [2.24, 2.45) is 5.73 Å². The van der Waals surface area contributed by atoms with Gasteiger partial charge in [-0.1, -0.05) is 31.0 Å². The zero-order valence-electron chi connectivity index (χ0n) is 13.0. The van der Waals surface area contributed by atoms with E-state index in [2.05, 4.69) is 12.2 Å². The molecule has 0 bridgehead atoms. The molecule has 0 saturated heterocycles. The molecule has 0 spiro atoms. The Labute approximate surface area is 132 Å². The molecule has 0 fully saturated rings. The van der Waals surface area contributed by atoms with E-state index in [1.165, 1.54) is 0 Å². The maximum atomic E-state index is 11.7. The van der Waals surface area contributed by atoms with Crippen LogP contribution < -0.4 is 15.8 Å². The smallest absolute Gasteiger partial charge is 0.258 e. The number of carbonyl (C=O) groups excluding carboxylic acids is 1. The lowest BCUT2D eigenvalue weighted by Crippen LogP contribution is -2.35. The Kier molecular flexibility index (Phi) is 7.54. The van der Waals surface area contributed by atoms with Gasteiger partial charge >= 0.3 is 0 Å². The third-order valence-corrected chi connectivity index (χ3v) is 3.34. The molecule has 1 aromatic carbocycles. The van der Waals surface area contributed by atoms with Crippen molar-refractivity contribution in [2.75, 3.05) is 6.61 Å². The average Bonchev–Trinajstić information content (AvgIpc) is 2.37. The molecular formula is C16H25ClN2O2. The monoisotopic (exact) mass is 312 g/mol. The number of rotatable bonds is 8. The molecule has 1 amide bonds. The van der Waals surface area contributed by atoms with Crippen molar-refractivity contribution in [2.45, 2.75) is 52.1 Å². The fourth-order valence-corrected chi connectivity index (χ4v) is 2.38. The summed E-state index contributed by atoms with van der Waals surface area (Å²) < 4.78 is 5.46. The molecular weight excluding hydrogens is 288 g/mol. The molecule has 0 heterocycles. The van der Waals surface area contributed by atoms with E-state index in [0.29, 0.717) is 10.8 Å². The fourth-order valence-electron chi connectivity index (χ4n) is 2.13. The minimum atomic E-state index is -0.133.